The highest BCUT2D eigenvalue weighted by atomic mass is 32.2. The van der Waals surface area contributed by atoms with Crippen molar-refractivity contribution in [2.75, 3.05) is 20.2 Å². The summed E-state index contributed by atoms with van der Waals surface area (Å²) in [5.74, 6) is 0.311. The predicted octanol–water partition coefficient (Wildman–Crippen LogP) is 1.58. The zero-order valence-corrected chi connectivity index (χ0v) is 18.7. The molecule has 1 saturated carbocycles. The molecule has 1 saturated heterocycles. The molecule has 0 radical (unpaired) electrons. The summed E-state index contributed by atoms with van der Waals surface area (Å²) in [5.41, 5.74) is 2.74. The number of aromatic amines is 1. The van der Waals surface area contributed by atoms with Crippen molar-refractivity contribution in [2.24, 2.45) is 0 Å². The van der Waals surface area contributed by atoms with E-state index in [4.69, 9.17) is 5.11 Å². The van der Waals surface area contributed by atoms with Gasteiger partial charge >= 0.3 is 0 Å². The minimum atomic E-state index is -3.71. The number of nitrogens with one attached hydrogen (secondary N) is 2. The van der Waals surface area contributed by atoms with E-state index in [0.29, 0.717) is 24.5 Å². The van der Waals surface area contributed by atoms with Crippen LogP contribution in [0.3, 0.4) is 0 Å². The molecule has 0 bridgehead atoms. The molecule has 8 nitrogen and oxygen atoms in total. The largest absolute Gasteiger partial charge is 0.395 e. The van der Waals surface area contributed by atoms with E-state index in [0.717, 1.165) is 33.8 Å². The number of hydrogen-bond donors (Lipinski definition) is 3. The molecule has 4 rings (SSSR count). The van der Waals surface area contributed by atoms with Gasteiger partial charge < -0.3 is 15.4 Å². The average molecular weight is 458 g/mol. The number of carbonyl (C=O) groups is 1. The van der Waals surface area contributed by atoms with Crippen molar-refractivity contribution in [3.8, 4) is 0 Å². The molecule has 2 fully saturated rings. The zero-order valence-electron chi connectivity index (χ0n) is 17.9. The molecule has 1 amide bonds. The second kappa shape index (κ2) is 9.01. The van der Waals surface area contributed by atoms with Crippen LogP contribution in [0.25, 0.3) is 5.57 Å². The van der Waals surface area contributed by atoms with Crippen LogP contribution in [0.15, 0.2) is 52.2 Å². The first-order chi connectivity index (χ1) is 15.3. The number of aliphatic hydroxyl groups excluding tert-OH is 1. The molecule has 1 aliphatic heterocycles. The van der Waals surface area contributed by atoms with Crippen molar-refractivity contribution in [1.29, 1.82) is 0 Å². The number of carbonyl (C=O) groups excluding carboxylic acids is 1. The fourth-order valence-electron chi connectivity index (χ4n) is 3.91. The Morgan fingerprint density at radius 1 is 1.12 bits per heavy atom. The summed E-state index contributed by atoms with van der Waals surface area (Å²) >= 11 is 0. The maximum atomic E-state index is 12.6. The molecule has 1 aliphatic carbocycles. The summed E-state index contributed by atoms with van der Waals surface area (Å²) in [4.78, 5) is 27.4. The van der Waals surface area contributed by atoms with Crippen molar-refractivity contribution in [3.05, 3.63) is 69.6 Å². The van der Waals surface area contributed by atoms with Crippen LogP contribution in [0.5, 0.6) is 0 Å². The van der Waals surface area contributed by atoms with Crippen LogP contribution in [0.2, 0.25) is 0 Å². The number of rotatable bonds is 8. The van der Waals surface area contributed by atoms with Gasteiger partial charge in [-0.3, -0.25) is 9.59 Å². The Morgan fingerprint density at radius 2 is 1.84 bits per heavy atom. The number of hydrogen-bond acceptors (Lipinski definition) is 5. The number of pyridine rings is 1. The monoisotopic (exact) mass is 457 g/mol. The highest BCUT2D eigenvalue weighted by Crippen LogP contribution is 2.38. The van der Waals surface area contributed by atoms with Crippen molar-refractivity contribution >= 4 is 21.5 Å². The number of sulfonamides is 1. The molecule has 1 aromatic carbocycles. The van der Waals surface area contributed by atoms with E-state index in [2.05, 4.69) is 10.3 Å². The second-order valence-corrected chi connectivity index (χ2v) is 10.3. The van der Waals surface area contributed by atoms with Gasteiger partial charge in [0.25, 0.3) is 5.56 Å². The van der Waals surface area contributed by atoms with Crippen LogP contribution in [-0.4, -0.2) is 55.0 Å². The minimum absolute atomic E-state index is 0.00515. The minimum Gasteiger partial charge on any atom is -0.395 e. The van der Waals surface area contributed by atoms with Gasteiger partial charge in [-0.1, -0.05) is 24.3 Å². The molecule has 9 heteroatoms. The molecule has 0 unspecified atom stereocenters. The van der Waals surface area contributed by atoms with Crippen molar-refractivity contribution < 1.29 is 18.3 Å². The molecule has 170 valence electrons. The molecule has 2 aliphatic rings. The van der Waals surface area contributed by atoms with E-state index in [1.54, 1.807) is 12.1 Å². The molecular formula is C23H27N3O5S. The van der Waals surface area contributed by atoms with E-state index >= 15 is 0 Å². The zero-order chi connectivity index (χ0) is 22.9. The van der Waals surface area contributed by atoms with Crippen LogP contribution in [-0.2, 0) is 14.8 Å². The Labute approximate surface area is 187 Å². The van der Waals surface area contributed by atoms with Gasteiger partial charge in [0.15, 0.2) is 0 Å². The van der Waals surface area contributed by atoms with Crippen LogP contribution in [0.1, 0.15) is 48.4 Å². The summed E-state index contributed by atoms with van der Waals surface area (Å²) in [6, 6.07) is 9.97. The van der Waals surface area contributed by atoms with Crippen LogP contribution >= 0.6 is 0 Å². The summed E-state index contributed by atoms with van der Waals surface area (Å²) in [6.07, 6.45) is 5.07. The first-order valence-electron chi connectivity index (χ1n) is 10.7. The normalized spacial score (nSPS) is 19.4. The Morgan fingerprint density at radius 3 is 2.41 bits per heavy atom. The number of aromatic nitrogens is 1. The molecule has 1 atom stereocenters. The van der Waals surface area contributed by atoms with E-state index in [1.165, 1.54) is 19.2 Å². The fourth-order valence-corrected chi connectivity index (χ4v) is 5.07. The maximum Gasteiger partial charge on any atom is 0.251 e. The van der Waals surface area contributed by atoms with E-state index in [9.17, 15) is 18.0 Å². The SMILES string of the molecule is CN(CCO)S(=O)(=O)c1ccc(C(=C[C@H]2CCC(=O)N2)c2ccc(C3CC3)c(=O)[nH]2)cc1. The second-order valence-electron chi connectivity index (χ2n) is 8.30. The Hall–Kier alpha value is -2.75. The summed E-state index contributed by atoms with van der Waals surface area (Å²) in [6.45, 7) is -0.261. The number of benzene rings is 1. The van der Waals surface area contributed by atoms with Gasteiger partial charge in [-0.15, -0.1) is 0 Å². The quantitative estimate of drug-likeness (QED) is 0.556. The first kappa shape index (κ1) is 22.4. The summed E-state index contributed by atoms with van der Waals surface area (Å²) in [5, 5.41) is 12.0. The number of nitrogens with zero attached hydrogens (tertiary/aromatic N) is 1. The smallest absolute Gasteiger partial charge is 0.251 e. The van der Waals surface area contributed by atoms with Crippen LogP contribution in [0, 0.1) is 0 Å². The van der Waals surface area contributed by atoms with Gasteiger partial charge in [0, 0.05) is 42.9 Å². The van der Waals surface area contributed by atoms with Crippen molar-refractivity contribution in [3.63, 3.8) is 0 Å². The van der Waals surface area contributed by atoms with E-state index in [-0.39, 0.29) is 35.6 Å². The van der Waals surface area contributed by atoms with E-state index < -0.39 is 10.0 Å². The lowest BCUT2D eigenvalue weighted by molar-refractivity contribution is -0.119. The van der Waals surface area contributed by atoms with Crippen LogP contribution < -0.4 is 10.9 Å². The number of amides is 1. The Balaban J connectivity index is 1.70. The van der Waals surface area contributed by atoms with Gasteiger partial charge in [-0.05, 0) is 48.9 Å². The third-order valence-corrected chi connectivity index (χ3v) is 7.80. The fraction of sp³-hybridized carbons (Fsp3) is 0.391. The first-order valence-corrected chi connectivity index (χ1v) is 12.2. The highest BCUT2D eigenvalue weighted by molar-refractivity contribution is 7.89. The van der Waals surface area contributed by atoms with Gasteiger partial charge in [-0.25, -0.2) is 8.42 Å². The Kier molecular flexibility index (Phi) is 6.32. The van der Waals surface area contributed by atoms with Crippen molar-refractivity contribution in [2.45, 2.75) is 42.5 Å². The molecule has 1 aromatic heterocycles. The number of likely N-dealkylation sites (N-methyl/N-ethyl adjacent to an activating group) is 1. The lowest BCUT2D eigenvalue weighted by Crippen LogP contribution is -2.29. The highest BCUT2D eigenvalue weighted by Gasteiger charge is 2.27. The van der Waals surface area contributed by atoms with Gasteiger partial charge in [0.1, 0.15) is 0 Å². The third-order valence-electron chi connectivity index (χ3n) is 5.93. The standard InChI is InChI=1S/C23H27N3O5S/c1-26(12-13-27)32(30,31)18-7-4-16(5-8-18)20(14-17-6-11-22(28)24-17)21-10-9-19(15-2-3-15)23(29)25-21/h4-5,7-10,14-15,17,27H,2-3,6,11-13H2,1H3,(H,24,28)(H,25,29)/t17-/m1/s1. The van der Waals surface area contributed by atoms with Gasteiger partial charge in [-0.2, -0.15) is 4.31 Å². The molecule has 0 spiro atoms. The summed E-state index contributed by atoms with van der Waals surface area (Å²) in [7, 11) is -2.30. The maximum absolute atomic E-state index is 12.6. The van der Waals surface area contributed by atoms with E-state index in [1.807, 2.05) is 18.2 Å². The number of aliphatic hydroxyl groups is 1. The lowest BCUT2D eigenvalue weighted by atomic mass is 9.98. The molecule has 2 aromatic rings. The van der Waals surface area contributed by atoms with Gasteiger partial charge in [0.2, 0.25) is 15.9 Å². The topological polar surface area (TPSA) is 120 Å². The van der Waals surface area contributed by atoms with Gasteiger partial charge in [0.05, 0.1) is 11.5 Å². The number of H-pyrrole nitrogens is 1. The van der Waals surface area contributed by atoms with Crippen molar-refractivity contribution in [1.82, 2.24) is 14.6 Å². The Bertz CT molecular complexity index is 1200. The van der Waals surface area contributed by atoms with Crippen LogP contribution in [0.4, 0.5) is 0 Å². The molecular weight excluding hydrogens is 430 g/mol. The third kappa shape index (κ3) is 4.69. The summed E-state index contributed by atoms with van der Waals surface area (Å²) < 4.78 is 26.4. The molecule has 3 N–H and O–H groups in total. The lowest BCUT2D eigenvalue weighted by Gasteiger charge is -2.17. The molecule has 32 heavy (non-hydrogen) atoms. The predicted molar refractivity (Wildman–Crippen MR) is 121 cm³/mol. The molecule has 2 heterocycles. The average Bonchev–Trinajstić information content (AvgIpc) is 3.53.